The summed E-state index contributed by atoms with van der Waals surface area (Å²) in [5.74, 6) is 0.586. The van der Waals surface area contributed by atoms with E-state index in [1.54, 1.807) is 26.3 Å². The minimum Gasteiger partial charge on any atom is -0.481 e. The van der Waals surface area contributed by atoms with Gasteiger partial charge in [-0.05, 0) is 13.0 Å². The molecule has 1 unspecified atom stereocenters. The normalized spacial score (nSPS) is 12.2. The highest BCUT2D eigenvalue weighted by atomic mass is 16.5. The molecule has 1 atom stereocenters. The number of anilines is 1. The lowest BCUT2D eigenvalue weighted by Crippen LogP contribution is -2.15. The fourth-order valence-corrected chi connectivity index (χ4v) is 0.871. The molecule has 0 radical (unpaired) electrons. The summed E-state index contributed by atoms with van der Waals surface area (Å²) in [6.07, 6.45) is 1.31. The summed E-state index contributed by atoms with van der Waals surface area (Å²) in [6.45, 7) is 2.25. The van der Waals surface area contributed by atoms with Crippen LogP contribution in [-0.4, -0.2) is 29.8 Å². The van der Waals surface area contributed by atoms with Crippen LogP contribution in [0, 0.1) is 0 Å². The van der Waals surface area contributed by atoms with Crippen LogP contribution in [0.3, 0.4) is 0 Å². The van der Waals surface area contributed by atoms with Crippen LogP contribution in [0.1, 0.15) is 6.92 Å². The Bertz CT molecular complexity index is 246. The second-order valence-electron chi connectivity index (χ2n) is 2.82. The minimum atomic E-state index is -0.359. The van der Waals surface area contributed by atoms with Gasteiger partial charge in [-0.2, -0.15) is 0 Å². The molecule has 0 amide bonds. The van der Waals surface area contributed by atoms with Gasteiger partial charge in [0.1, 0.15) is 0 Å². The summed E-state index contributed by atoms with van der Waals surface area (Å²) >= 11 is 0. The molecule has 4 nitrogen and oxygen atoms in total. The first kappa shape index (κ1) is 9.80. The van der Waals surface area contributed by atoms with Gasteiger partial charge >= 0.3 is 0 Å². The minimum absolute atomic E-state index is 0.359. The van der Waals surface area contributed by atoms with Gasteiger partial charge in [-0.25, -0.2) is 4.98 Å². The van der Waals surface area contributed by atoms with E-state index in [1.165, 1.54) is 0 Å². The van der Waals surface area contributed by atoms with Crippen molar-refractivity contribution < 1.29 is 9.84 Å². The molecule has 0 aliphatic rings. The van der Waals surface area contributed by atoms with Gasteiger partial charge in [0, 0.05) is 12.6 Å². The topological polar surface area (TPSA) is 54.4 Å². The largest absolute Gasteiger partial charge is 0.481 e. The molecule has 0 bridgehead atoms. The molecule has 0 saturated heterocycles. The molecule has 1 rings (SSSR count). The monoisotopic (exact) mass is 182 g/mol. The molecule has 13 heavy (non-hydrogen) atoms. The number of methoxy groups -OCH3 is 1. The first-order valence-electron chi connectivity index (χ1n) is 4.14. The highest BCUT2D eigenvalue weighted by Crippen LogP contribution is 2.10. The van der Waals surface area contributed by atoms with E-state index in [-0.39, 0.29) is 6.10 Å². The van der Waals surface area contributed by atoms with Crippen molar-refractivity contribution in [3.63, 3.8) is 0 Å². The Hall–Kier alpha value is -1.29. The van der Waals surface area contributed by atoms with Gasteiger partial charge in [-0.1, -0.05) is 0 Å². The Kier molecular flexibility index (Phi) is 3.52. The molecule has 1 aromatic heterocycles. The number of pyridine rings is 1. The molecule has 4 heteroatoms. The summed E-state index contributed by atoms with van der Waals surface area (Å²) < 4.78 is 4.91. The third-order valence-electron chi connectivity index (χ3n) is 1.55. The van der Waals surface area contributed by atoms with E-state index in [0.29, 0.717) is 12.4 Å². The number of aliphatic hydroxyl groups excluding tert-OH is 1. The SMILES string of the molecule is COc1ccc(NCC(C)O)cn1. The lowest BCUT2D eigenvalue weighted by atomic mass is 10.3. The smallest absolute Gasteiger partial charge is 0.213 e. The van der Waals surface area contributed by atoms with Crippen molar-refractivity contribution in [2.45, 2.75) is 13.0 Å². The molecule has 0 fully saturated rings. The van der Waals surface area contributed by atoms with Crippen molar-refractivity contribution in [2.75, 3.05) is 19.0 Å². The van der Waals surface area contributed by atoms with Crippen molar-refractivity contribution in [2.24, 2.45) is 0 Å². The second-order valence-corrected chi connectivity index (χ2v) is 2.82. The summed E-state index contributed by atoms with van der Waals surface area (Å²) in [5.41, 5.74) is 0.877. The Balaban J connectivity index is 2.49. The maximum Gasteiger partial charge on any atom is 0.213 e. The molecule has 2 N–H and O–H groups in total. The third-order valence-corrected chi connectivity index (χ3v) is 1.55. The average Bonchev–Trinajstić information content (AvgIpc) is 2.15. The van der Waals surface area contributed by atoms with Gasteiger partial charge in [-0.15, -0.1) is 0 Å². The number of aromatic nitrogens is 1. The predicted octanol–water partition coefficient (Wildman–Crippen LogP) is 0.883. The van der Waals surface area contributed by atoms with Gasteiger partial charge in [-0.3, -0.25) is 0 Å². The number of hydrogen-bond donors (Lipinski definition) is 2. The highest BCUT2D eigenvalue weighted by Gasteiger charge is 1.96. The van der Waals surface area contributed by atoms with E-state index in [9.17, 15) is 0 Å². The Morgan fingerprint density at radius 1 is 1.62 bits per heavy atom. The molecule has 0 saturated carbocycles. The van der Waals surface area contributed by atoms with Crippen LogP contribution >= 0.6 is 0 Å². The van der Waals surface area contributed by atoms with Crippen LogP contribution in [0.4, 0.5) is 5.69 Å². The van der Waals surface area contributed by atoms with E-state index < -0.39 is 0 Å². The molecule has 1 aromatic rings. The van der Waals surface area contributed by atoms with Gasteiger partial charge in [0.05, 0.1) is 25.1 Å². The van der Waals surface area contributed by atoms with Crippen LogP contribution in [0.2, 0.25) is 0 Å². The maximum absolute atomic E-state index is 9.01. The summed E-state index contributed by atoms with van der Waals surface area (Å²) in [4.78, 5) is 4.01. The number of ether oxygens (including phenoxy) is 1. The number of nitrogens with one attached hydrogen (secondary N) is 1. The zero-order valence-electron chi connectivity index (χ0n) is 7.82. The number of aliphatic hydroxyl groups is 1. The van der Waals surface area contributed by atoms with E-state index in [4.69, 9.17) is 9.84 Å². The van der Waals surface area contributed by atoms with Gasteiger partial charge in [0.25, 0.3) is 0 Å². The average molecular weight is 182 g/mol. The highest BCUT2D eigenvalue weighted by molar-refractivity contribution is 5.41. The lowest BCUT2D eigenvalue weighted by molar-refractivity contribution is 0.208. The fraction of sp³-hybridized carbons (Fsp3) is 0.444. The lowest BCUT2D eigenvalue weighted by Gasteiger charge is -2.07. The van der Waals surface area contributed by atoms with Crippen molar-refractivity contribution in [1.82, 2.24) is 4.98 Å². The molecule has 0 aliphatic carbocycles. The molecule has 0 aliphatic heterocycles. The summed E-state index contributed by atoms with van der Waals surface area (Å²) in [5, 5.41) is 12.0. The van der Waals surface area contributed by atoms with Crippen LogP contribution in [0.25, 0.3) is 0 Å². The van der Waals surface area contributed by atoms with E-state index >= 15 is 0 Å². The first-order chi connectivity index (χ1) is 6.22. The van der Waals surface area contributed by atoms with Crippen LogP contribution in [0.15, 0.2) is 18.3 Å². The van der Waals surface area contributed by atoms with Crippen molar-refractivity contribution in [1.29, 1.82) is 0 Å². The van der Waals surface area contributed by atoms with E-state index in [1.807, 2.05) is 6.07 Å². The Labute approximate surface area is 77.6 Å². The fourth-order valence-electron chi connectivity index (χ4n) is 0.871. The van der Waals surface area contributed by atoms with Gasteiger partial charge < -0.3 is 15.2 Å². The zero-order valence-corrected chi connectivity index (χ0v) is 7.82. The predicted molar refractivity (Wildman–Crippen MR) is 51.0 cm³/mol. The van der Waals surface area contributed by atoms with Crippen molar-refractivity contribution in [3.05, 3.63) is 18.3 Å². The maximum atomic E-state index is 9.01. The van der Waals surface area contributed by atoms with Crippen LogP contribution in [0.5, 0.6) is 5.88 Å². The quantitative estimate of drug-likeness (QED) is 0.726. The number of rotatable bonds is 4. The van der Waals surface area contributed by atoms with Crippen LogP contribution in [-0.2, 0) is 0 Å². The number of nitrogens with zero attached hydrogens (tertiary/aromatic N) is 1. The van der Waals surface area contributed by atoms with Gasteiger partial charge in [0.2, 0.25) is 5.88 Å². The van der Waals surface area contributed by atoms with E-state index in [0.717, 1.165) is 5.69 Å². The molecular formula is C9H14N2O2. The summed E-state index contributed by atoms with van der Waals surface area (Å²) in [6, 6.07) is 3.62. The molecular weight excluding hydrogens is 168 g/mol. The van der Waals surface area contributed by atoms with Crippen LogP contribution < -0.4 is 10.1 Å². The van der Waals surface area contributed by atoms with Crippen molar-refractivity contribution in [3.8, 4) is 5.88 Å². The Morgan fingerprint density at radius 3 is 2.85 bits per heavy atom. The Morgan fingerprint density at radius 2 is 2.38 bits per heavy atom. The first-order valence-corrected chi connectivity index (χ1v) is 4.14. The zero-order chi connectivity index (χ0) is 9.68. The molecule has 1 heterocycles. The molecule has 0 aromatic carbocycles. The summed E-state index contributed by atoms with van der Waals surface area (Å²) in [7, 11) is 1.57. The van der Waals surface area contributed by atoms with E-state index in [2.05, 4.69) is 10.3 Å². The standard InChI is InChI=1S/C9H14N2O2/c1-7(12)5-10-8-3-4-9(13-2)11-6-8/h3-4,6-7,10,12H,5H2,1-2H3. The number of hydrogen-bond acceptors (Lipinski definition) is 4. The van der Waals surface area contributed by atoms with Gasteiger partial charge in [0.15, 0.2) is 0 Å². The van der Waals surface area contributed by atoms with Crippen molar-refractivity contribution >= 4 is 5.69 Å². The second kappa shape index (κ2) is 4.67. The molecule has 0 spiro atoms. The third kappa shape index (κ3) is 3.29. The molecule has 72 valence electrons.